The first kappa shape index (κ1) is 20.1. The van der Waals surface area contributed by atoms with Gasteiger partial charge in [0.05, 0.1) is 0 Å². The van der Waals surface area contributed by atoms with Crippen molar-refractivity contribution in [2.75, 3.05) is 0 Å². The number of ether oxygens (including phenoxy) is 1. The van der Waals surface area contributed by atoms with Crippen LogP contribution in [0.4, 0.5) is 0 Å². The van der Waals surface area contributed by atoms with Gasteiger partial charge in [0, 0.05) is 18.8 Å². The number of esters is 1. The molecular formula is C24H34O3. The Morgan fingerprint density at radius 3 is 2.41 bits per heavy atom. The van der Waals surface area contributed by atoms with Crippen LogP contribution in [0.1, 0.15) is 101 Å². The van der Waals surface area contributed by atoms with Crippen molar-refractivity contribution in [2.45, 2.75) is 96.0 Å². The molecule has 2 aliphatic carbocycles. The van der Waals surface area contributed by atoms with Gasteiger partial charge in [-0.3, -0.25) is 9.59 Å². The second kappa shape index (κ2) is 10.6. The van der Waals surface area contributed by atoms with E-state index in [0.29, 0.717) is 24.7 Å². The zero-order valence-electron chi connectivity index (χ0n) is 16.6. The molecule has 0 bridgehead atoms. The van der Waals surface area contributed by atoms with Crippen molar-refractivity contribution in [3.63, 3.8) is 0 Å². The van der Waals surface area contributed by atoms with Gasteiger partial charge in [-0.05, 0) is 55.6 Å². The maximum absolute atomic E-state index is 12.0. The summed E-state index contributed by atoms with van der Waals surface area (Å²) in [6, 6.07) is 8.61. The van der Waals surface area contributed by atoms with Gasteiger partial charge < -0.3 is 4.74 Å². The van der Waals surface area contributed by atoms with E-state index in [4.69, 9.17) is 4.74 Å². The summed E-state index contributed by atoms with van der Waals surface area (Å²) in [5.74, 6) is 1.14. The van der Waals surface area contributed by atoms with Gasteiger partial charge >= 0.3 is 5.97 Å². The Balaban J connectivity index is 1.35. The number of ketones is 1. The van der Waals surface area contributed by atoms with E-state index in [-0.39, 0.29) is 11.9 Å². The molecule has 2 saturated carbocycles. The molecule has 1 atom stereocenters. The number of rotatable bonds is 7. The number of carbonyl (C=O) groups is 2. The van der Waals surface area contributed by atoms with Gasteiger partial charge in [-0.2, -0.15) is 0 Å². The normalized spacial score (nSPS) is 21.6. The fourth-order valence-electron chi connectivity index (χ4n) is 4.59. The average molecular weight is 371 g/mol. The van der Waals surface area contributed by atoms with Crippen LogP contribution in [-0.4, -0.2) is 11.8 Å². The molecule has 2 aliphatic rings. The van der Waals surface area contributed by atoms with E-state index in [9.17, 15) is 9.59 Å². The SMILES string of the molecule is O=C(CCCC1CCCCCC1=O)OCc1ccc(C2CCCCC2)cc1. The second-order valence-corrected chi connectivity index (χ2v) is 8.39. The summed E-state index contributed by atoms with van der Waals surface area (Å²) in [7, 11) is 0. The molecule has 3 heteroatoms. The summed E-state index contributed by atoms with van der Waals surface area (Å²) in [6.07, 6.45) is 13.8. The summed E-state index contributed by atoms with van der Waals surface area (Å²) in [5.41, 5.74) is 2.49. The van der Waals surface area contributed by atoms with Crippen LogP contribution in [0.15, 0.2) is 24.3 Å². The molecule has 1 aromatic carbocycles. The van der Waals surface area contributed by atoms with E-state index >= 15 is 0 Å². The summed E-state index contributed by atoms with van der Waals surface area (Å²) < 4.78 is 5.43. The van der Waals surface area contributed by atoms with Crippen LogP contribution < -0.4 is 0 Å². The molecule has 0 spiro atoms. The molecule has 0 N–H and O–H groups in total. The fourth-order valence-corrected chi connectivity index (χ4v) is 4.59. The molecule has 0 aliphatic heterocycles. The first-order valence-electron chi connectivity index (χ1n) is 11.0. The van der Waals surface area contributed by atoms with E-state index in [1.807, 2.05) is 0 Å². The molecule has 1 aromatic rings. The quantitative estimate of drug-likeness (QED) is 0.430. The zero-order chi connectivity index (χ0) is 18.9. The number of hydrogen-bond acceptors (Lipinski definition) is 3. The zero-order valence-corrected chi connectivity index (χ0v) is 16.6. The number of hydrogen-bond donors (Lipinski definition) is 0. The van der Waals surface area contributed by atoms with Crippen molar-refractivity contribution in [1.29, 1.82) is 0 Å². The molecule has 0 heterocycles. The average Bonchev–Trinajstić information content (AvgIpc) is 2.92. The molecule has 0 aromatic heterocycles. The predicted octanol–water partition coefficient (Wildman–Crippen LogP) is 6.10. The Hall–Kier alpha value is -1.64. The third-order valence-corrected chi connectivity index (χ3v) is 6.32. The highest BCUT2D eigenvalue weighted by Crippen LogP contribution is 2.32. The Labute approximate surface area is 163 Å². The molecular weight excluding hydrogens is 336 g/mol. The Morgan fingerprint density at radius 2 is 1.63 bits per heavy atom. The lowest BCUT2D eigenvalue weighted by molar-refractivity contribution is -0.145. The standard InChI is InChI=1S/C24H34O3/c25-23-12-6-2-5-10-22(23)11-7-13-24(26)27-18-19-14-16-21(17-15-19)20-8-3-1-4-9-20/h14-17,20,22H,1-13,18H2. The topological polar surface area (TPSA) is 43.4 Å². The Kier molecular flexibility index (Phi) is 7.92. The van der Waals surface area contributed by atoms with E-state index in [2.05, 4.69) is 24.3 Å². The largest absolute Gasteiger partial charge is 0.461 e. The van der Waals surface area contributed by atoms with Gasteiger partial charge in [-0.25, -0.2) is 0 Å². The lowest BCUT2D eigenvalue weighted by atomic mass is 9.84. The minimum Gasteiger partial charge on any atom is -0.461 e. The Morgan fingerprint density at radius 1 is 0.926 bits per heavy atom. The van der Waals surface area contributed by atoms with Crippen molar-refractivity contribution < 1.29 is 14.3 Å². The van der Waals surface area contributed by atoms with Crippen molar-refractivity contribution in [1.82, 2.24) is 0 Å². The van der Waals surface area contributed by atoms with Crippen LogP contribution in [-0.2, 0) is 20.9 Å². The van der Waals surface area contributed by atoms with Crippen LogP contribution in [0, 0.1) is 5.92 Å². The molecule has 0 amide bonds. The third kappa shape index (κ3) is 6.48. The van der Waals surface area contributed by atoms with E-state index in [1.54, 1.807) is 0 Å². The Bertz CT molecular complexity index is 599. The fraction of sp³-hybridized carbons (Fsp3) is 0.667. The van der Waals surface area contributed by atoms with Crippen molar-refractivity contribution in [2.24, 2.45) is 5.92 Å². The van der Waals surface area contributed by atoms with E-state index in [0.717, 1.165) is 44.1 Å². The third-order valence-electron chi connectivity index (χ3n) is 6.32. The summed E-state index contributed by atoms with van der Waals surface area (Å²) in [5, 5.41) is 0. The van der Waals surface area contributed by atoms with Crippen LogP contribution in [0.3, 0.4) is 0 Å². The van der Waals surface area contributed by atoms with Crippen molar-refractivity contribution in [3.05, 3.63) is 35.4 Å². The van der Waals surface area contributed by atoms with Gasteiger partial charge in [0.1, 0.15) is 12.4 Å². The second-order valence-electron chi connectivity index (χ2n) is 8.39. The van der Waals surface area contributed by atoms with Gasteiger partial charge in [-0.1, -0.05) is 56.4 Å². The maximum Gasteiger partial charge on any atom is 0.306 e. The van der Waals surface area contributed by atoms with Gasteiger partial charge in [0.15, 0.2) is 0 Å². The highest BCUT2D eigenvalue weighted by molar-refractivity contribution is 5.81. The van der Waals surface area contributed by atoms with Crippen LogP contribution in [0.2, 0.25) is 0 Å². The monoisotopic (exact) mass is 370 g/mol. The smallest absolute Gasteiger partial charge is 0.306 e. The number of benzene rings is 1. The highest BCUT2D eigenvalue weighted by atomic mass is 16.5. The molecule has 1 unspecified atom stereocenters. The van der Waals surface area contributed by atoms with Crippen LogP contribution in [0.25, 0.3) is 0 Å². The molecule has 3 rings (SSSR count). The summed E-state index contributed by atoms with van der Waals surface area (Å²) >= 11 is 0. The first-order chi connectivity index (χ1) is 13.2. The molecule has 2 fully saturated rings. The lowest BCUT2D eigenvalue weighted by Gasteiger charge is -2.22. The van der Waals surface area contributed by atoms with Crippen molar-refractivity contribution >= 4 is 11.8 Å². The van der Waals surface area contributed by atoms with Crippen molar-refractivity contribution in [3.8, 4) is 0 Å². The van der Waals surface area contributed by atoms with Gasteiger partial charge in [0.25, 0.3) is 0 Å². The maximum atomic E-state index is 12.0. The molecule has 0 saturated heterocycles. The minimum atomic E-state index is -0.146. The van der Waals surface area contributed by atoms with E-state index in [1.165, 1.54) is 44.1 Å². The minimum absolute atomic E-state index is 0.146. The molecule has 0 radical (unpaired) electrons. The first-order valence-corrected chi connectivity index (χ1v) is 11.0. The summed E-state index contributed by atoms with van der Waals surface area (Å²) in [6.45, 7) is 0.353. The van der Waals surface area contributed by atoms with Crippen LogP contribution >= 0.6 is 0 Å². The molecule has 3 nitrogen and oxygen atoms in total. The number of Topliss-reactive ketones (excluding diaryl/α,β-unsaturated/α-hetero) is 1. The lowest BCUT2D eigenvalue weighted by Crippen LogP contribution is -2.13. The van der Waals surface area contributed by atoms with Gasteiger partial charge in [-0.15, -0.1) is 0 Å². The highest BCUT2D eigenvalue weighted by Gasteiger charge is 2.20. The number of carbonyl (C=O) groups excluding carboxylic acids is 2. The molecule has 148 valence electrons. The van der Waals surface area contributed by atoms with E-state index < -0.39 is 0 Å². The van der Waals surface area contributed by atoms with Gasteiger partial charge in [0.2, 0.25) is 0 Å². The molecule has 27 heavy (non-hydrogen) atoms. The predicted molar refractivity (Wildman–Crippen MR) is 107 cm³/mol. The summed E-state index contributed by atoms with van der Waals surface area (Å²) in [4.78, 5) is 24.0. The van der Waals surface area contributed by atoms with Crippen LogP contribution in [0.5, 0.6) is 0 Å².